The highest BCUT2D eigenvalue weighted by Gasteiger charge is 2.27. The van der Waals surface area contributed by atoms with Crippen molar-refractivity contribution in [3.8, 4) is 0 Å². The molecule has 0 N–H and O–H groups in total. The molecule has 0 radical (unpaired) electrons. The summed E-state index contributed by atoms with van der Waals surface area (Å²) >= 11 is 0. The second-order valence-corrected chi connectivity index (χ2v) is 13.3. The molecule has 1 atom stereocenters. The Labute approximate surface area is 199 Å². The molecule has 33 heavy (non-hydrogen) atoms. The highest BCUT2D eigenvalue weighted by Crippen LogP contribution is 2.32. The van der Waals surface area contributed by atoms with E-state index in [1.54, 1.807) is 6.20 Å². The first-order valence-electron chi connectivity index (χ1n) is 10.9. The summed E-state index contributed by atoms with van der Waals surface area (Å²) in [5, 5.41) is 1.07. The molecule has 5 aromatic rings. The highest BCUT2D eigenvalue weighted by atomic mass is 32.8. The summed E-state index contributed by atoms with van der Waals surface area (Å²) in [5.41, 5.74) is 4.15. The highest BCUT2D eigenvalue weighted by molar-refractivity contribution is 8.35. The zero-order chi connectivity index (χ0) is 23.2. The van der Waals surface area contributed by atoms with Crippen molar-refractivity contribution in [1.29, 1.82) is 0 Å². The van der Waals surface area contributed by atoms with Gasteiger partial charge in [-0.15, -0.1) is 19.8 Å². The Morgan fingerprint density at radius 1 is 0.970 bits per heavy atom. The van der Waals surface area contributed by atoms with Gasteiger partial charge in [-0.1, -0.05) is 27.7 Å². The summed E-state index contributed by atoms with van der Waals surface area (Å²) in [7, 11) is 1.18. The van der Waals surface area contributed by atoms with Crippen molar-refractivity contribution in [2.24, 2.45) is 0 Å². The summed E-state index contributed by atoms with van der Waals surface area (Å²) in [6, 6.07) is 10.5. The molecule has 0 amide bonds. The molecule has 1 unspecified atom stereocenters. The molecule has 6 nitrogen and oxygen atoms in total. The van der Waals surface area contributed by atoms with Crippen LogP contribution in [0.5, 0.6) is 0 Å². The number of fused-ring (bicyclic) bond motifs is 2. The first-order valence-corrected chi connectivity index (χ1v) is 14.1. The van der Waals surface area contributed by atoms with Gasteiger partial charge in [-0.25, -0.2) is 15.0 Å². The van der Waals surface area contributed by atoms with Crippen LogP contribution >= 0.6 is 0 Å². The van der Waals surface area contributed by atoms with Gasteiger partial charge in [0.15, 0.2) is 0 Å². The number of rotatable bonds is 5. The second-order valence-electron chi connectivity index (χ2n) is 9.00. The average molecular weight is 477 g/mol. The summed E-state index contributed by atoms with van der Waals surface area (Å²) in [6.07, 6.45) is 14.3. The molecule has 0 fully saturated rings. The number of aromatic nitrogens is 6. The molecule has 0 aliphatic rings. The minimum absolute atomic E-state index is 0.0476. The van der Waals surface area contributed by atoms with Crippen LogP contribution < -0.4 is 0 Å². The Bertz CT molecular complexity index is 1460. The van der Waals surface area contributed by atoms with Gasteiger partial charge in [-0.05, 0) is 48.1 Å². The molecule has 5 aromatic heterocycles. The largest absolute Gasteiger partial charge is 0.306 e. The van der Waals surface area contributed by atoms with Crippen molar-refractivity contribution < 1.29 is 0 Å². The molecule has 0 aliphatic carbocycles. The van der Waals surface area contributed by atoms with Crippen LogP contribution in [0.15, 0.2) is 77.4 Å². The number of hydrogen-bond donors (Lipinski definition) is 1. The Hall–Kier alpha value is -2.84. The van der Waals surface area contributed by atoms with Crippen LogP contribution in [0.4, 0.5) is 0 Å². The predicted molar refractivity (Wildman–Crippen MR) is 137 cm³/mol. The fourth-order valence-corrected chi connectivity index (χ4v) is 6.80. The number of thiol groups is 1. The van der Waals surface area contributed by atoms with E-state index in [-0.39, 0.29) is 14.9 Å². The van der Waals surface area contributed by atoms with Gasteiger partial charge < -0.3 is 4.40 Å². The minimum atomic E-state index is -0.213. The van der Waals surface area contributed by atoms with Gasteiger partial charge in [0.05, 0.1) is 5.69 Å². The van der Waals surface area contributed by atoms with Gasteiger partial charge in [0, 0.05) is 53.2 Å². The van der Waals surface area contributed by atoms with E-state index in [2.05, 4.69) is 91.2 Å². The lowest BCUT2D eigenvalue weighted by molar-refractivity contribution is 0.617. The third-order valence-electron chi connectivity index (χ3n) is 5.93. The number of imidazole rings is 2. The van der Waals surface area contributed by atoms with Crippen LogP contribution in [0.2, 0.25) is 0 Å². The Morgan fingerprint density at radius 2 is 1.82 bits per heavy atom. The van der Waals surface area contributed by atoms with Crippen molar-refractivity contribution >= 4 is 31.2 Å². The van der Waals surface area contributed by atoms with Crippen LogP contribution in [-0.2, 0) is 25.2 Å². The molecule has 5 rings (SSSR count). The molecule has 5 heterocycles. The monoisotopic (exact) mass is 476 g/mol. The lowest BCUT2D eigenvalue weighted by Crippen LogP contribution is -2.20. The molecular formula is C25H28N6S2. The van der Waals surface area contributed by atoms with Gasteiger partial charge in [0.1, 0.15) is 10.7 Å². The summed E-state index contributed by atoms with van der Waals surface area (Å²) < 4.78 is 4.12. The summed E-state index contributed by atoms with van der Waals surface area (Å²) in [6.45, 7) is 8.81. The SMILES string of the molecule is CC(C)c1cc(C(C)(C)c2cn3cc([SH]=S(C)c4cn5cccnc5n4)ccc3n2)ccn1. The standard InChI is InChI=1S/C25H28N6S2/c1-17(2)20-13-18(9-11-26-20)25(3,4)21-15-31-14-19(7-8-22(31)28-21)32-33(5)23-16-30-12-6-10-27-24(30)29-23/h6-17,32H,1-5H3. The zero-order valence-corrected chi connectivity index (χ0v) is 21.2. The van der Waals surface area contributed by atoms with Crippen molar-refractivity contribution in [2.75, 3.05) is 6.26 Å². The fourth-order valence-electron chi connectivity index (χ4n) is 3.79. The third kappa shape index (κ3) is 4.25. The van der Waals surface area contributed by atoms with Crippen molar-refractivity contribution in [3.05, 3.63) is 84.5 Å². The first-order chi connectivity index (χ1) is 15.8. The van der Waals surface area contributed by atoms with Crippen molar-refractivity contribution in [2.45, 2.75) is 48.9 Å². The first kappa shape index (κ1) is 22.0. The second kappa shape index (κ2) is 8.50. The van der Waals surface area contributed by atoms with Gasteiger partial charge in [0.2, 0.25) is 5.78 Å². The minimum Gasteiger partial charge on any atom is -0.306 e. The maximum Gasteiger partial charge on any atom is 0.234 e. The van der Waals surface area contributed by atoms with E-state index >= 15 is 0 Å². The topological polar surface area (TPSA) is 60.4 Å². The van der Waals surface area contributed by atoms with E-state index in [0.29, 0.717) is 5.92 Å². The van der Waals surface area contributed by atoms with Gasteiger partial charge in [-0.3, -0.25) is 9.38 Å². The normalized spacial score (nSPS) is 13.6. The summed E-state index contributed by atoms with van der Waals surface area (Å²) in [5.74, 6) is 1.14. The van der Waals surface area contributed by atoms with Crippen molar-refractivity contribution in [1.82, 2.24) is 28.7 Å². The smallest absolute Gasteiger partial charge is 0.234 e. The number of pyridine rings is 2. The van der Waals surface area contributed by atoms with E-state index in [1.807, 2.05) is 22.9 Å². The Morgan fingerprint density at radius 3 is 2.61 bits per heavy atom. The van der Waals surface area contributed by atoms with Crippen LogP contribution in [0.25, 0.3) is 11.4 Å². The quantitative estimate of drug-likeness (QED) is 0.376. The molecular weight excluding hydrogens is 448 g/mol. The molecule has 0 saturated heterocycles. The van der Waals surface area contributed by atoms with Gasteiger partial charge in [-0.2, -0.15) is 0 Å². The molecule has 0 aliphatic heterocycles. The molecule has 0 bridgehead atoms. The molecule has 0 spiro atoms. The third-order valence-corrected chi connectivity index (χ3v) is 9.49. The molecule has 8 heteroatoms. The van der Waals surface area contributed by atoms with E-state index in [9.17, 15) is 0 Å². The van der Waals surface area contributed by atoms with E-state index < -0.39 is 0 Å². The van der Waals surface area contributed by atoms with E-state index in [1.165, 1.54) is 20.8 Å². The van der Waals surface area contributed by atoms with Crippen LogP contribution in [-0.4, -0.2) is 35.0 Å². The van der Waals surface area contributed by atoms with Crippen LogP contribution in [0.1, 0.15) is 50.6 Å². The van der Waals surface area contributed by atoms with Crippen molar-refractivity contribution in [3.63, 3.8) is 0 Å². The lowest BCUT2D eigenvalue weighted by atomic mass is 9.81. The van der Waals surface area contributed by atoms with Gasteiger partial charge in [0.25, 0.3) is 0 Å². The van der Waals surface area contributed by atoms with E-state index in [0.717, 1.165) is 27.8 Å². The van der Waals surface area contributed by atoms with Crippen LogP contribution in [0, 0.1) is 0 Å². The molecule has 0 saturated carbocycles. The van der Waals surface area contributed by atoms with Gasteiger partial charge >= 0.3 is 0 Å². The maximum absolute atomic E-state index is 4.96. The fraction of sp³-hybridized carbons (Fsp3) is 0.280. The summed E-state index contributed by atoms with van der Waals surface area (Å²) in [4.78, 5) is 19.8. The number of hydrogen-bond acceptors (Lipinski definition) is 4. The Kier molecular flexibility index (Phi) is 5.66. The van der Waals surface area contributed by atoms with Crippen LogP contribution in [0.3, 0.4) is 0 Å². The Balaban J connectivity index is 1.48. The maximum atomic E-state index is 4.96. The molecule has 0 aromatic carbocycles. The average Bonchev–Trinajstić information content (AvgIpc) is 3.43. The molecule has 170 valence electrons. The predicted octanol–water partition coefficient (Wildman–Crippen LogP) is 4.62. The number of nitrogens with zero attached hydrogens (tertiary/aromatic N) is 6. The van der Waals surface area contributed by atoms with E-state index in [4.69, 9.17) is 9.97 Å². The lowest BCUT2D eigenvalue weighted by Gasteiger charge is -2.23. The zero-order valence-electron chi connectivity index (χ0n) is 19.5.